The molecule has 0 aliphatic carbocycles. The van der Waals surface area contributed by atoms with Gasteiger partial charge in [0.25, 0.3) is 0 Å². The molecule has 3 heterocycles. The van der Waals surface area contributed by atoms with Crippen molar-refractivity contribution in [1.29, 1.82) is 0 Å². The molecule has 262 valence electrons. The van der Waals surface area contributed by atoms with Gasteiger partial charge in [0.05, 0.1) is 0 Å². The summed E-state index contributed by atoms with van der Waals surface area (Å²) in [6.07, 6.45) is 0. The minimum Gasteiger partial charge on any atom is -0.435 e. The highest BCUT2D eigenvalue weighted by Gasteiger charge is 2.22. The van der Waals surface area contributed by atoms with E-state index in [9.17, 15) is 0 Å². The van der Waals surface area contributed by atoms with Crippen molar-refractivity contribution in [1.82, 2.24) is 19.9 Å². The van der Waals surface area contributed by atoms with E-state index in [4.69, 9.17) is 24.4 Å². The maximum absolute atomic E-state index is 6.72. The van der Waals surface area contributed by atoms with Gasteiger partial charge in [0.2, 0.25) is 5.89 Å². The van der Waals surface area contributed by atoms with Gasteiger partial charge in [-0.2, -0.15) is 0 Å². The molecule has 0 aliphatic heterocycles. The molecule has 8 aromatic carbocycles. The van der Waals surface area contributed by atoms with Crippen LogP contribution in [0.25, 0.3) is 110 Å². The summed E-state index contributed by atoms with van der Waals surface area (Å²) in [5.41, 5.74) is 9.72. The van der Waals surface area contributed by atoms with Gasteiger partial charge in [0.15, 0.2) is 23.1 Å². The van der Waals surface area contributed by atoms with Crippen molar-refractivity contribution in [3.63, 3.8) is 0 Å². The fraction of sp³-hybridized carbons (Fsp3) is 0. The van der Waals surface area contributed by atoms with E-state index in [0.29, 0.717) is 23.4 Å². The quantitative estimate of drug-likeness (QED) is 0.170. The van der Waals surface area contributed by atoms with Crippen LogP contribution in [0.15, 0.2) is 186 Å². The van der Waals surface area contributed by atoms with E-state index in [2.05, 4.69) is 115 Å². The van der Waals surface area contributed by atoms with Crippen molar-refractivity contribution in [3.8, 4) is 67.9 Å². The van der Waals surface area contributed by atoms with Crippen LogP contribution in [0.4, 0.5) is 0 Å². The van der Waals surface area contributed by atoms with Gasteiger partial charge in [-0.3, -0.25) is 0 Å². The summed E-state index contributed by atoms with van der Waals surface area (Å²) in [6.45, 7) is 0. The zero-order valence-corrected chi connectivity index (χ0v) is 30.7. The molecular formula is C50H30N4OS. The number of nitrogens with zero attached hydrogens (tertiary/aromatic N) is 4. The fourth-order valence-electron chi connectivity index (χ4n) is 7.69. The second-order valence-corrected chi connectivity index (χ2v) is 14.9. The summed E-state index contributed by atoms with van der Waals surface area (Å²) in [7, 11) is 0. The van der Waals surface area contributed by atoms with E-state index in [1.807, 2.05) is 66.7 Å². The molecule has 0 unspecified atom stereocenters. The first-order chi connectivity index (χ1) is 27.7. The van der Waals surface area contributed by atoms with Crippen LogP contribution in [0.3, 0.4) is 0 Å². The highest BCUT2D eigenvalue weighted by Crippen LogP contribution is 2.47. The number of oxazole rings is 1. The van der Waals surface area contributed by atoms with Crippen molar-refractivity contribution >= 4 is 53.4 Å². The third-order valence-corrected chi connectivity index (χ3v) is 11.5. The Morgan fingerprint density at radius 2 is 1.00 bits per heavy atom. The Kier molecular flexibility index (Phi) is 7.60. The Labute approximate surface area is 326 Å². The van der Waals surface area contributed by atoms with Gasteiger partial charge in [-0.05, 0) is 63.9 Å². The first kappa shape index (κ1) is 32.2. The maximum atomic E-state index is 6.72. The lowest BCUT2D eigenvalue weighted by Crippen LogP contribution is -2.00. The minimum atomic E-state index is 0.612. The van der Waals surface area contributed by atoms with Gasteiger partial charge in [-0.25, -0.2) is 19.9 Å². The molecule has 0 saturated heterocycles. The average molecular weight is 735 g/mol. The first-order valence-electron chi connectivity index (χ1n) is 18.5. The van der Waals surface area contributed by atoms with Crippen LogP contribution in [-0.4, -0.2) is 19.9 Å². The van der Waals surface area contributed by atoms with Crippen LogP contribution in [0, 0.1) is 0 Å². The van der Waals surface area contributed by atoms with Crippen LogP contribution in [0.2, 0.25) is 0 Å². The van der Waals surface area contributed by atoms with Crippen LogP contribution in [-0.2, 0) is 0 Å². The monoisotopic (exact) mass is 734 g/mol. The topological polar surface area (TPSA) is 64.7 Å². The van der Waals surface area contributed by atoms with Crippen LogP contribution in [0.1, 0.15) is 0 Å². The zero-order chi connectivity index (χ0) is 37.0. The summed E-state index contributed by atoms with van der Waals surface area (Å²) in [6, 6.07) is 62.8. The van der Waals surface area contributed by atoms with Crippen molar-refractivity contribution < 1.29 is 4.42 Å². The van der Waals surface area contributed by atoms with E-state index < -0.39 is 0 Å². The second-order valence-electron chi connectivity index (χ2n) is 13.8. The van der Waals surface area contributed by atoms with Crippen molar-refractivity contribution in [3.05, 3.63) is 182 Å². The van der Waals surface area contributed by atoms with Gasteiger partial charge >= 0.3 is 0 Å². The van der Waals surface area contributed by atoms with E-state index in [1.165, 1.54) is 20.2 Å². The highest BCUT2D eigenvalue weighted by molar-refractivity contribution is 7.26. The lowest BCUT2D eigenvalue weighted by atomic mass is 9.93. The van der Waals surface area contributed by atoms with Crippen LogP contribution >= 0.6 is 11.3 Å². The van der Waals surface area contributed by atoms with Gasteiger partial charge in [0, 0.05) is 48.0 Å². The van der Waals surface area contributed by atoms with Gasteiger partial charge in [0.1, 0.15) is 5.52 Å². The summed E-state index contributed by atoms with van der Waals surface area (Å²) in [5.74, 6) is 2.48. The summed E-state index contributed by atoms with van der Waals surface area (Å²) >= 11 is 1.79. The number of thiophene rings is 1. The Morgan fingerprint density at radius 1 is 0.393 bits per heavy atom. The Balaban J connectivity index is 1.10. The SMILES string of the molecule is c1ccc(-c2cccc(-c3nc(-c4ccccc4)nc(-c4ccc5c(-c6c7oc(-c8ccccc8)nc7cc7sc8ccccc8c67)cccc5c4)n3)c2)cc1. The Morgan fingerprint density at radius 3 is 1.77 bits per heavy atom. The predicted molar refractivity (Wildman–Crippen MR) is 230 cm³/mol. The maximum Gasteiger partial charge on any atom is 0.227 e. The van der Waals surface area contributed by atoms with Gasteiger partial charge < -0.3 is 4.42 Å². The van der Waals surface area contributed by atoms with Crippen LogP contribution < -0.4 is 0 Å². The molecule has 0 saturated carbocycles. The number of benzene rings is 8. The molecule has 6 heteroatoms. The highest BCUT2D eigenvalue weighted by atomic mass is 32.1. The lowest BCUT2D eigenvalue weighted by Gasteiger charge is -2.12. The Bertz CT molecular complexity index is 3250. The molecule has 0 radical (unpaired) electrons. The third kappa shape index (κ3) is 5.54. The molecule has 3 aromatic heterocycles. The smallest absolute Gasteiger partial charge is 0.227 e. The number of aromatic nitrogens is 4. The number of fused-ring (bicyclic) bond motifs is 5. The molecule has 5 nitrogen and oxygen atoms in total. The standard InChI is InChI=1S/C50H30N4OS/c1-4-14-31(15-5-1)34-20-12-22-36(28-34)48-52-47(32-16-6-2-7-17-32)53-49(54-48)37-26-27-38-35(29-37)21-13-24-39(38)45-44-40-23-10-11-25-42(40)56-43(44)30-41-46(45)55-50(51-41)33-18-8-3-9-19-33/h1-30H. The number of hydrogen-bond donors (Lipinski definition) is 0. The van der Waals surface area contributed by atoms with E-state index in [0.717, 1.165) is 66.4 Å². The van der Waals surface area contributed by atoms with Gasteiger partial charge in [-0.15, -0.1) is 11.3 Å². The summed E-state index contributed by atoms with van der Waals surface area (Å²) in [5, 5.41) is 4.56. The molecule has 0 aliphatic rings. The largest absolute Gasteiger partial charge is 0.435 e. The predicted octanol–water partition coefficient (Wildman–Crippen LogP) is 13.5. The molecule has 0 amide bonds. The normalized spacial score (nSPS) is 11.6. The molecule has 0 N–H and O–H groups in total. The molecule has 11 rings (SSSR count). The summed E-state index contributed by atoms with van der Waals surface area (Å²) in [4.78, 5) is 20.2. The van der Waals surface area contributed by atoms with Crippen LogP contribution in [0.5, 0.6) is 0 Å². The summed E-state index contributed by atoms with van der Waals surface area (Å²) < 4.78 is 9.13. The second kappa shape index (κ2) is 13.2. The molecule has 11 aromatic rings. The average Bonchev–Trinajstić information content (AvgIpc) is 3.87. The van der Waals surface area contributed by atoms with Crippen molar-refractivity contribution in [2.45, 2.75) is 0 Å². The molecule has 0 atom stereocenters. The third-order valence-electron chi connectivity index (χ3n) is 10.3. The molecule has 0 bridgehead atoms. The number of hydrogen-bond acceptors (Lipinski definition) is 6. The first-order valence-corrected chi connectivity index (χ1v) is 19.4. The van der Waals surface area contributed by atoms with E-state index in [1.54, 1.807) is 11.3 Å². The van der Waals surface area contributed by atoms with Crippen molar-refractivity contribution in [2.24, 2.45) is 0 Å². The molecular weight excluding hydrogens is 705 g/mol. The zero-order valence-electron chi connectivity index (χ0n) is 29.9. The Hall–Kier alpha value is -7.28. The number of rotatable bonds is 6. The van der Waals surface area contributed by atoms with Gasteiger partial charge in [-0.1, -0.05) is 146 Å². The molecule has 0 fully saturated rings. The van der Waals surface area contributed by atoms with E-state index in [-0.39, 0.29) is 0 Å². The molecule has 56 heavy (non-hydrogen) atoms. The minimum absolute atomic E-state index is 0.612. The van der Waals surface area contributed by atoms with Crippen molar-refractivity contribution in [2.75, 3.05) is 0 Å². The lowest BCUT2D eigenvalue weighted by molar-refractivity contribution is 0.621. The fourth-order valence-corrected chi connectivity index (χ4v) is 8.84. The van der Waals surface area contributed by atoms with E-state index >= 15 is 0 Å². The molecule has 0 spiro atoms.